The van der Waals surface area contributed by atoms with Gasteiger partial charge in [-0.2, -0.15) is 0 Å². The monoisotopic (exact) mass is 316 g/mol. The number of benzene rings is 1. The molecule has 0 bridgehead atoms. The maximum atomic E-state index is 12.3. The van der Waals surface area contributed by atoms with Crippen LogP contribution in [0.2, 0.25) is 0 Å². The van der Waals surface area contributed by atoms with Crippen molar-refractivity contribution >= 4 is 49.4 Å². The third kappa shape index (κ3) is 2.81. The van der Waals surface area contributed by atoms with Crippen LogP contribution in [0.3, 0.4) is 0 Å². The Hall–Kier alpha value is -2.18. The van der Waals surface area contributed by atoms with Crippen molar-refractivity contribution < 1.29 is 10.0 Å². The number of carbonyl (C=O) groups excluding carboxylic acids is 1. The predicted molar refractivity (Wildman–Crippen MR) is 88.1 cm³/mol. The number of carbonyl (C=O) groups is 1. The maximum Gasteiger partial charge on any atom is 0.265 e. The molecule has 0 saturated heterocycles. The van der Waals surface area contributed by atoms with Crippen LogP contribution in [0.15, 0.2) is 46.9 Å². The molecule has 1 amide bonds. The molecule has 0 aliphatic carbocycles. The van der Waals surface area contributed by atoms with Gasteiger partial charge < -0.3 is 10.5 Å². The molecule has 0 atom stereocenters. The Bertz CT molecular complexity index is 804. The largest absolute Gasteiger partial charge is 0.411 e. The van der Waals surface area contributed by atoms with Gasteiger partial charge in [0.15, 0.2) is 0 Å². The lowest BCUT2D eigenvalue weighted by Crippen LogP contribution is -2.10. The van der Waals surface area contributed by atoms with Gasteiger partial charge in [0.05, 0.1) is 10.6 Å². The first-order valence-electron chi connectivity index (χ1n) is 6.25. The molecule has 3 rings (SSSR count). The minimum Gasteiger partial charge on any atom is -0.411 e. The van der Waals surface area contributed by atoms with Crippen LogP contribution in [-0.2, 0) is 0 Å². The van der Waals surface area contributed by atoms with Gasteiger partial charge in [-0.1, -0.05) is 17.3 Å². The summed E-state index contributed by atoms with van der Waals surface area (Å²) in [6.07, 6.45) is 0. The van der Waals surface area contributed by atoms with Gasteiger partial charge in [0.25, 0.3) is 5.91 Å². The van der Waals surface area contributed by atoms with E-state index in [1.807, 2.05) is 35.7 Å². The van der Waals surface area contributed by atoms with Gasteiger partial charge in [-0.05, 0) is 36.6 Å². The average Bonchev–Trinajstić information content (AvgIpc) is 3.08. The molecule has 6 heteroatoms. The number of rotatable bonds is 3. The minimum atomic E-state index is -0.126. The standard InChI is InChI=1S/C15H12N2O2S2/c1-9(17-19)10-3-2-4-11(7-10)16-15(18)14-8-13-12(21-14)5-6-20-13/h2-8,19H,1H3,(H,16,18)/b17-9-. The molecule has 0 aliphatic heterocycles. The van der Waals surface area contributed by atoms with Crippen LogP contribution in [0, 0.1) is 0 Å². The molecule has 1 aromatic carbocycles. The number of hydrogen-bond donors (Lipinski definition) is 2. The Balaban J connectivity index is 1.82. The fourth-order valence-electron chi connectivity index (χ4n) is 1.95. The van der Waals surface area contributed by atoms with Crippen LogP contribution in [0.1, 0.15) is 22.2 Å². The van der Waals surface area contributed by atoms with E-state index in [1.54, 1.807) is 24.3 Å². The fraction of sp³-hybridized carbons (Fsp3) is 0.0667. The Labute approximate surface area is 129 Å². The van der Waals surface area contributed by atoms with E-state index >= 15 is 0 Å². The molecule has 21 heavy (non-hydrogen) atoms. The zero-order valence-electron chi connectivity index (χ0n) is 11.2. The summed E-state index contributed by atoms with van der Waals surface area (Å²) in [5.74, 6) is -0.126. The van der Waals surface area contributed by atoms with Crippen molar-refractivity contribution in [2.45, 2.75) is 6.92 Å². The van der Waals surface area contributed by atoms with Crippen molar-refractivity contribution in [1.29, 1.82) is 0 Å². The van der Waals surface area contributed by atoms with E-state index in [4.69, 9.17) is 5.21 Å². The number of hydrogen-bond acceptors (Lipinski definition) is 5. The highest BCUT2D eigenvalue weighted by Gasteiger charge is 2.11. The summed E-state index contributed by atoms with van der Waals surface area (Å²) in [5, 5.41) is 16.9. The summed E-state index contributed by atoms with van der Waals surface area (Å²) >= 11 is 3.11. The number of anilines is 1. The van der Waals surface area contributed by atoms with Gasteiger partial charge in [-0.3, -0.25) is 4.79 Å². The number of amides is 1. The summed E-state index contributed by atoms with van der Waals surface area (Å²) in [4.78, 5) is 12.9. The van der Waals surface area contributed by atoms with Crippen LogP contribution in [0.5, 0.6) is 0 Å². The van der Waals surface area contributed by atoms with Crippen LogP contribution < -0.4 is 5.32 Å². The minimum absolute atomic E-state index is 0.126. The normalized spacial score (nSPS) is 11.8. The zero-order valence-corrected chi connectivity index (χ0v) is 12.8. The third-order valence-electron chi connectivity index (χ3n) is 3.05. The smallest absolute Gasteiger partial charge is 0.265 e. The lowest BCUT2D eigenvalue weighted by molar-refractivity contribution is 0.103. The van der Waals surface area contributed by atoms with Gasteiger partial charge in [0.1, 0.15) is 0 Å². The predicted octanol–water partition coefficient (Wildman–Crippen LogP) is 4.41. The van der Waals surface area contributed by atoms with Crippen LogP contribution in [0.25, 0.3) is 9.40 Å². The second-order valence-corrected chi connectivity index (χ2v) is 6.51. The van der Waals surface area contributed by atoms with Crippen molar-refractivity contribution in [3.8, 4) is 0 Å². The van der Waals surface area contributed by atoms with Crippen LogP contribution in [-0.4, -0.2) is 16.8 Å². The van der Waals surface area contributed by atoms with E-state index in [0.29, 0.717) is 16.3 Å². The molecule has 0 fully saturated rings. The molecule has 2 N–H and O–H groups in total. The highest BCUT2D eigenvalue weighted by atomic mass is 32.1. The lowest BCUT2D eigenvalue weighted by atomic mass is 10.1. The summed E-state index contributed by atoms with van der Waals surface area (Å²) < 4.78 is 2.25. The van der Waals surface area contributed by atoms with Crippen LogP contribution >= 0.6 is 22.7 Å². The molecule has 0 radical (unpaired) electrons. The number of fused-ring (bicyclic) bond motifs is 1. The molecule has 3 aromatic rings. The molecule has 0 unspecified atom stereocenters. The first-order valence-corrected chi connectivity index (χ1v) is 7.94. The van der Waals surface area contributed by atoms with Crippen LogP contribution in [0.4, 0.5) is 5.69 Å². The molecule has 106 valence electrons. The van der Waals surface area contributed by atoms with E-state index < -0.39 is 0 Å². The summed E-state index contributed by atoms with van der Waals surface area (Å²) in [7, 11) is 0. The molecular weight excluding hydrogens is 304 g/mol. The third-order valence-corrected chi connectivity index (χ3v) is 5.14. The molecule has 0 spiro atoms. The first kappa shape index (κ1) is 13.8. The van der Waals surface area contributed by atoms with Crippen molar-refractivity contribution in [3.05, 3.63) is 52.2 Å². The number of thiophene rings is 2. The maximum absolute atomic E-state index is 12.3. The fourth-order valence-corrected chi connectivity index (χ4v) is 3.95. The SMILES string of the molecule is C/C(=N/O)c1cccc(NC(=O)c2cc3sccc3s2)c1. The molecular formula is C15H12N2O2S2. The van der Waals surface area contributed by atoms with E-state index in [1.165, 1.54) is 11.3 Å². The second-order valence-electron chi connectivity index (χ2n) is 4.48. The highest BCUT2D eigenvalue weighted by Crippen LogP contribution is 2.30. The number of nitrogens with zero attached hydrogens (tertiary/aromatic N) is 1. The molecule has 2 heterocycles. The Kier molecular flexibility index (Phi) is 3.72. The number of oxime groups is 1. The van der Waals surface area contributed by atoms with Crippen molar-refractivity contribution in [2.24, 2.45) is 5.16 Å². The summed E-state index contributed by atoms with van der Waals surface area (Å²) in [6, 6.07) is 11.1. The second kappa shape index (κ2) is 5.67. The first-order chi connectivity index (χ1) is 10.2. The molecule has 0 aliphatic rings. The van der Waals surface area contributed by atoms with Gasteiger partial charge in [0, 0.05) is 20.7 Å². The quantitative estimate of drug-likeness (QED) is 0.427. The Morgan fingerprint density at radius 2 is 2.10 bits per heavy atom. The summed E-state index contributed by atoms with van der Waals surface area (Å²) in [6.45, 7) is 1.70. The Morgan fingerprint density at radius 1 is 1.24 bits per heavy atom. The van der Waals surface area contributed by atoms with E-state index in [-0.39, 0.29) is 5.91 Å². The van der Waals surface area contributed by atoms with Gasteiger partial charge in [-0.15, -0.1) is 22.7 Å². The summed E-state index contributed by atoms with van der Waals surface area (Å²) in [5.41, 5.74) is 1.95. The average molecular weight is 316 g/mol. The lowest BCUT2D eigenvalue weighted by Gasteiger charge is -2.05. The van der Waals surface area contributed by atoms with E-state index in [0.717, 1.165) is 15.0 Å². The topological polar surface area (TPSA) is 61.7 Å². The Morgan fingerprint density at radius 3 is 2.86 bits per heavy atom. The number of nitrogens with one attached hydrogen (secondary N) is 1. The molecule has 4 nitrogen and oxygen atoms in total. The zero-order chi connectivity index (χ0) is 14.8. The molecule has 2 aromatic heterocycles. The van der Waals surface area contributed by atoms with Crippen molar-refractivity contribution in [3.63, 3.8) is 0 Å². The van der Waals surface area contributed by atoms with E-state index in [2.05, 4.69) is 10.5 Å². The van der Waals surface area contributed by atoms with Crippen molar-refractivity contribution in [2.75, 3.05) is 5.32 Å². The highest BCUT2D eigenvalue weighted by molar-refractivity contribution is 7.27. The van der Waals surface area contributed by atoms with Gasteiger partial charge in [-0.25, -0.2) is 0 Å². The van der Waals surface area contributed by atoms with Gasteiger partial charge >= 0.3 is 0 Å². The van der Waals surface area contributed by atoms with Crippen molar-refractivity contribution in [1.82, 2.24) is 0 Å². The van der Waals surface area contributed by atoms with E-state index in [9.17, 15) is 4.79 Å². The molecule has 0 saturated carbocycles. The van der Waals surface area contributed by atoms with Gasteiger partial charge in [0.2, 0.25) is 0 Å².